The van der Waals surface area contributed by atoms with Gasteiger partial charge >= 0.3 is 5.97 Å². The van der Waals surface area contributed by atoms with E-state index in [0.29, 0.717) is 5.56 Å². The number of furan rings is 1. The molecule has 0 aromatic carbocycles. The lowest BCUT2D eigenvalue weighted by Crippen LogP contribution is -2.04. The fraction of sp³-hybridized carbons (Fsp3) is 0.111. The molecule has 0 bridgehead atoms. The first-order valence-electron chi connectivity index (χ1n) is 4.17. The number of carboxylic acids is 1. The molecule has 0 spiro atoms. The molecular weight excluding hydrogens is 200 g/mol. The minimum Gasteiger partial charge on any atom is -0.478 e. The first-order chi connectivity index (χ1) is 7.20. The molecule has 3 N–H and O–H groups in total. The summed E-state index contributed by atoms with van der Waals surface area (Å²) >= 11 is 0. The standard InChI is InChI=1S/C9H8N2O4/c12-7(5-3-10-11-4-5)8-6(9(13)14)1-2-15-8/h1-4,7,12H,(H,10,11)(H,13,14). The Bertz CT molecular complexity index is 460. The SMILES string of the molecule is O=C(O)c1ccoc1C(O)c1cn[nH]c1. The molecule has 78 valence electrons. The molecule has 0 aliphatic carbocycles. The Morgan fingerprint density at radius 3 is 3.00 bits per heavy atom. The summed E-state index contributed by atoms with van der Waals surface area (Å²) in [4.78, 5) is 10.8. The van der Waals surface area contributed by atoms with E-state index in [0.717, 1.165) is 0 Å². The maximum Gasteiger partial charge on any atom is 0.339 e. The molecule has 0 fully saturated rings. The van der Waals surface area contributed by atoms with Crippen LogP contribution in [-0.2, 0) is 0 Å². The molecular formula is C9H8N2O4. The lowest BCUT2D eigenvalue weighted by Gasteiger charge is -2.05. The number of aromatic carboxylic acids is 1. The summed E-state index contributed by atoms with van der Waals surface area (Å²) < 4.78 is 4.94. The average molecular weight is 208 g/mol. The minimum absolute atomic E-state index is 0.00361. The molecule has 0 saturated carbocycles. The number of hydrogen-bond donors (Lipinski definition) is 3. The fourth-order valence-corrected chi connectivity index (χ4v) is 1.27. The molecule has 0 aliphatic rings. The number of hydrogen-bond acceptors (Lipinski definition) is 4. The van der Waals surface area contributed by atoms with Crippen LogP contribution >= 0.6 is 0 Å². The number of nitrogens with zero attached hydrogens (tertiary/aromatic N) is 1. The van der Waals surface area contributed by atoms with Gasteiger partial charge in [0.25, 0.3) is 0 Å². The third-order valence-corrected chi connectivity index (χ3v) is 2.01. The highest BCUT2D eigenvalue weighted by atomic mass is 16.4. The highest BCUT2D eigenvalue weighted by molar-refractivity contribution is 5.88. The van der Waals surface area contributed by atoms with Crippen LogP contribution in [-0.4, -0.2) is 26.4 Å². The highest BCUT2D eigenvalue weighted by Crippen LogP contribution is 2.24. The van der Waals surface area contributed by atoms with Gasteiger partial charge in [-0.2, -0.15) is 5.10 Å². The second-order valence-corrected chi connectivity index (χ2v) is 2.94. The lowest BCUT2D eigenvalue weighted by molar-refractivity contribution is 0.0687. The van der Waals surface area contributed by atoms with E-state index in [1.807, 2.05) is 0 Å². The van der Waals surface area contributed by atoms with Crippen molar-refractivity contribution in [1.29, 1.82) is 0 Å². The normalized spacial score (nSPS) is 12.6. The molecule has 6 nitrogen and oxygen atoms in total. The quantitative estimate of drug-likeness (QED) is 0.692. The number of nitrogens with one attached hydrogen (secondary N) is 1. The van der Waals surface area contributed by atoms with Gasteiger partial charge in [-0.1, -0.05) is 0 Å². The van der Waals surface area contributed by atoms with Crippen LogP contribution in [0.2, 0.25) is 0 Å². The van der Waals surface area contributed by atoms with Gasteiger partial charge in [0, 0.05) is 11.8 Å². The Kier molecular flexibility index (Phi) is 2.26. The molecule has 2 aromatic rings. The number of carboxylic acid groups (broad SMARTS) is 1. The summed E-state index contributed by atoms with van der Waals surface area (Å²) in [5.41, 5.74) is 0.399. The van der Waals surface area contributed by atoms with Crippen molar-refractivity contribution >= 4 is 5.97 Å². The van der Waals surface area contributed by atoms with Crippen LogP contribution in [0.25, 0.3) is 0 Å². The number of aromatic nitrogens is 2. The van der Waals surface area contributed by atoms with Crippen molar-refractivity contribution in [2.75, 3.05) is 0 Å². The molecule has 15 heavy (non-hydrogen) atoms. The van der Waals surface area contributed by atoms with Crippen LogP contribution < -0.4 is 0 Å². The second-order valence-electron chi connectivity index (χ2n) is 2.94. The lowest BCUT2D eigenvalue weighted by atomic mass is 10.1. The molecule has 1 unspecified atom stereocenters. The predicted molar refractivity (Wildman–Crippen MR) is 48.3 cm³/mol. The van der Waals surface area contributed by atoms with Crippen LogP contribution in [0.5, 0.6) is 0 Å². The van der Waals surface area contributed by atoms with Crippen LogP contribution in [0.4, 0.5) is 0 Å². The van der Waals surface area contributed by atoms with Gasteiger partial charge in [0.15, 0.2) is 5.76 Å². The minimum atomic E-state index is -1.14. The zero-order valence-corrected chi connectivity index (χ0v) is 7.54. The zero-order valence-electron chi connectivity index (χ0n) is 7.54. The maximum atomic E-state index is 10.8. The summed E-state index contributed by atoms with van der Waals surface area (Å²) in [7, 11) is 0. The first kappa shape index (κ1) is 9.47. The van der Waals surface area contributed by atoms with E-state index in [9.17, 15) is 9.90 Å². The number of aromatic amines is 1. The van der Waals surface area contributed by atoms with Gasteiger partial charge in [-0.3, -0.25) is 5.10 Å². The van der Waals surface area contributed by atoms with Gasteiger partial charge < -0.3 is 14.6 Å². The second kappa shape index (κ2) is 3.58. The van der Waals surface area contributed by atoms with Crippen molar-refractivity contribution < 1.29 is 19.4 Å². The number of aliphatic hydroxyl groups is 1. The Labute approximate surface area is 84.2 Å². The summed E-state index contributed by atoms with van der Waals surface area (Å²) in [5, 5.41) is 24.8. The van der Waals surface area contributed by atoms with Gasteiger partial charge in [0.1, 0.15) is 11.7 Å². The van der Waals surface area contributed by atoms with E-state index in [1.165, 1.54) is 24.7 Å². The molecule has 6 heteroatoms. The van der Waals surface area contributed by atoms with Crippen molar-refractivity contribution in [3.8, 4) is 0 Å². The molecule has 1 atom stereocenters. The molecule has 2 heterocycles. The maximum absolute atomic E-state index is 10.8. The first-order valence-corrected chi connectivity index (χ1v) is 4.17. The van der Waals surface area contributed by atoms with E-state index in [2.05, 4.69) is 10.2 Å². The van der Waals surface area contributed by atoms with Gasteiger partial charge in [-0.05, 0) is 6.07 Å². The topological polar surface area (TPSA) is 99.3 Å². The van der Waals surface area contributed by atoms with E-state index >= 15 is 0 Å². The molecule has 2 aromatic heterocycles. The Morgan fingerprint density at radius 2 is 2.40 bits per heavy atom. The molecule has 0 amide bonds. The van der Waals surface area contributed by atoms with Crippen molar-refractivity contribution in [3.05, 3.63) is 41.6 Å². The Hall–Kier alpha value is -2.08. The summed E-state index contributed by atoms with van der Waals surface area (Å²) in [6.07, 6.45) is 2.98. The third kappa shape index (κ3) is 1.62. The third-order valence-electron chi connectivity index (χ3n) is 2.01. The molecule has 0 radical (unpaired) electrons. The van der Waals surface area contributed by atoms with Crippen molar-refractivity contribution in [2.45, 2.75) is 6.10 Å². The van der Waals surface area contributed by atoms with E-state index in [-0.39, 0.29) is 11.3 Å². The number of H-pyrrole nitrogens is 1. The van der Waals surface area contributed by atoms with E-state index in [4.69, 9.17) is 9.52 Å². The number of rotatable bonds is 3. The van der Waals surface area contributed by atoms with Crippen LogP contribution in [0.3, 0.4) is 0 Å². The fourth-order valence-electron chi connectivity index (χ4n) is 1.27. The van der Waals surface area contributed by atoms with Crippen molar-refractivity contribution in [2.24, 2.45) is 0 Å². The summed E-state index contributed by atoms with van der Waals surface area (Å²) in [6.45, 7) is 0. The van der Waals surface area contributed by atoms with Crippen LogP contribution in [0.1, 0.15) is 27.8 Å². The summed E-state index contributed by atoms with van der Waals surface area (Å²) in [6, 6.07) is 1.29. The zero-order chi connectivity index (χ0) is 10.8. The van der Waals surface area contributed by atoms with Crippen molar-refractivity contribution in [3.63, 3.8) is 0 Å². The molecule has 2 rings (SSSR count). The monoisotopic (exact) mass is 208 g/mol. The van der Waals surface area contributed by atoms with Gasteiger partial charge in [-0.15, -0.1) is 0 Å². The predicted octanol–water partition coefficient (Wildman–Crippen LogP) is 0.783. The van der Waals surface area contributed by atoms with Crippen LogP contribution in [0, 0.1) is 0 Å². The Balaban J connectivity index is 2.37. The highest BCUT2D eigenvalue weighted by Gasteiger charge is 2.22. The number of aliphatic hydroxyl groups excluding tert-OH is 1. The molecule has 0 saturated heterocycles. The largest absolute Gasteiger partial charge is 0.478 e. The molecule has 0 aliphatic heterocycles. The smallest absolute Gasteiger partial charge is 0.339 e. The van der Waals surface area contributed by atoms with Gasteiger partial charge in [0.05, 0.1) is 12.5 Å². The van der Waals surface area contributed by atoms with Crippen molar-refractivity contribution in [1.82, 2.24) is 10.2 Å². The van der Waals surface area contributed by atoms with Crippen LogP contribution in [0.15, 0.2) is 29.1 Å². The van der Waals surface area contributed by atoms with E-state index in [1.54, 1.807) is 0 Å². The van der Waals surface area contributed by atoms with Gasteiger partial charge in [-0.25, -0.2) is 4.79 Å². The Morgan fingerprint density at radius 1 is 1.60 bits per heavy atom. The average Bonchev–Trinajstić information content (AvgIpc) is 2.88. The van der Waals surface area contributed by atoms with E-state index < -0.39 is 12.1 Å². The summed E-state index contributed by atoms with van der Waals surface area (Å²) in [5.74, 6) is -1.13. The van der Waals surface area contributed by atoms with Gasteiger partial charge in [0.2, 0.25) is 0 Å². The number of carbonyl (C=O) groups is 1.